The van der Waals surface area contributed by atoms with Gasteiger partial charge in [-0.25, -0.2) is 4.98 Å². The minimum absolute atomic E-state index is 0.0427. The lowest BCUT2D eigenvalue weighted by molar-refractivity contribution is -0.131. The monoisotopic (exact) mass is 383 g/mol. The molecular formula is C25H25N3O. The summed E-state index contributed by atoms with van der Waals surface area (Å²) in [6.45, 7) is 3.24. The van der Waals surface area contributed by atoms with Crippen LogP contribution in [0.2, 0.25) is 0 Å². The number of fused-ring (bicyclic) bond motifs is 1. The van der Waals surface area contributed by atoms with E-state index in [2.05, 4.69) is 29.2 Å². The molecule has 0 saturated heterocycles. The minimum Gasteiger partial charge on any atom is -0.337 e. The molecule has 146 valence electrons. The Morgan fingerprint density at radius 1 is 0.931 bits per heavy atom. The molecule has 0 atom stereocenters. The normalized spacial score (nSPS) is 11.1. The van der Waals surface area contributed by atoms with Crippen LogP contribution in [-0.4, -0.2) is 26.7 Å². The molecule has 4 heteroatoms. The number of hydrogen-bond donors (Lipinski definition) is 0. The van der Waals surface area contributed by atoms with E-state index in [1.165, 1.54) is 0 Å². The molecule has 29 heavy (non-hydrogen) atoms. The highest BCUT2D eigenvalue weighted by molar-refractivity contribution is 5.77. The molecule has 2 aromatic carbocycles. The number of nitrogens with zero attached hydrogens (tertiary/aromatic N) is 3. The third-order valence-electron chi connectivity index (χ3n) is 5.36. The van der Waals surface area contributed by atoms with Crippen molar-refractivity contribution in [2.75, 3.05) is 6.54 Å². The zero-order chi connectivity index (χ0) is 20.1. The van der Waals surface area contributed by atoms with E-state index in [9.17, 15) is 4.79 Å². The van der Waals surface area contributed by atoms with Gasteiger partial charge in [0.1, 0.15) is 5.65 Å². The molecular weight excluding hydrogens is 358 g/mol. The molecule has 0 bridgehead atoms. The quantitative estimate of drug-likeness (QED) is 0.455. The molecule has 2 heterocycles. The second kappa shape index (κ2) is 8.74. The second-order valence-corrected chi connectivity index (χ2v) is 7.16. The fraction of sp³-hybridized carbons (Fsp3) is 0.200. The lowest BCUT2D eigenvalue weighted by Crippen LogP contribution is -2.32. The molecule has 1 amide bonds. The maximum Gasteiger partial charge on any atom is 0.223 e. The molecule has 0 aliphatic carbocycles. The van der Waals surface area contributed by atoms with Crippen molar-refractivity contribution in [1.82, 2.24) is 14.3 Å². The number of amides is 1. The van der Waals surface area contributed by atoms with Crippen molar-refractivity contribution < 1.29 is 4.79 Å². The number of carbonyl (C=O) groups is 1. The van der Waals surface area contributed by atoms with Crippen LogP contribution in [0.15, 0.2) is 91.3 Å². The van der Waals surface area contributed by atoms with Crippen molar-refractivity contribution in [3.05, 3.63) is 108 Å². The number of imidazole rings is 1. The summed E-state index contributed by atoms with van der Waals surface area (Å²) in [5.41, 5.74) is 4.25. The van der Waals surface area contributed by atoms with E-state index < -0.39 is 0 Å². The third kappa shape index (κ3) is 4.21. The first-order valence-electron chi connectivity index (χ1n) is 10.0. The summed E-state index contributed by atoms with van der Waals surface area (Å²) in [5, 5.41) is 0. The van der Waals surface area contributed by atoms with Gasteiger partial charge < -0.3 is 9.30 Å². The van der Waals surface area contributed by atoms with Gasteiger partial charge in [0, 0.05) is 25.1 Å². The molecule has 4 rings (SSSR count). The number of rotatable bonds is 7. The van der Waals surface area contributed by atoms with Gasteiger partial charge in [-0.05, 0) is 30.2 Å². The highest BCUT2D eigenvalue weighted by atomic mass is 16.2. The predicted octanol–water partition coefficient (Wildman–Crippen LogP) is 4.91. The van der Waals surface area contributed by atoms with Crippen LogP contribution in [0.25, 0.3) is 5.65 Å². The Kier molecular flexibility index (Phi) is 5.71. The summed E-state index contributed by atoms with van der Waals surface area (Å²) in [5.74, 6) is 0.192. The molecule has 0 unspecified atom stereocenters. The molecule has 0 spiro atoms. The minimum atomic E-state index is 0.0427. The largest absolute Gasteiger partial charge is 0.337 e. The number of benzene rings is 2. The maximum absolute atomic E-state index is 13.3. The van der Waals surface area contributed by atoms with E-state index in [0.717, 1.165) is 22.5 Å². The smallest absolute Gasteiger partial charge is 0.223 e. The van der Waals surface area contributed by atoms with Crippen LogP contribution in [0.3, 0.4) is 0 Å². The van der Waals surface area contributed by atoms with E-state index in [-0.39, 0.29) is 11.8 Å². The zero-order valence-electron chi connectivity index (χ0n) is 16.6. The molecule has 0 N–H and O–H groups in total. The summed E-state index contributed by atoms with van der Waals surface area (Å²) in [6.07, 6.45) is 4.29. The lowest BCUT2D eigenvalue weighted by Gasteiger charge is -2.24. The van der Waals surface area contributed by atoms with Gasteiger partial charge in [0.15, 0.2) is 0 Å². The summed E-state index contributed by atoms with van der Waals surface area (Å²) >= 11 is 0. The van der Waals surface area contributed by atoms with E-state index in [1.807, 2.05) is 83.2 Å². The SMILES string of the molecule is CCN(Cc1cnc2ccccn12)C(=O)CC(c1ccccc1)c1ccccc1. The number of hydrogen-bond acceptors (Lipinski definition) is 2. The van der Waals surface area contributed by atoms with Gasteiger partial charge in [-0.15, -0.1) is 0 Å². The summed E-state index contributed by atoms with van der Waals surface area (Å²) < 4.78 is 2.04. The fourth-order valence-electron chi connectivity index (χ4n) is 3.78. The first kappa shape index (κ1) is 18.9. The van der Waals surface area contributed by atoms with E-state index in [1.54, 1.807) is 0 Å². The first-order valence-corrected chi connectivity index (χ1v) is 10.0. The van der Waals surface area contributed by atoms with Crippen molar-refractivity contribution in [3.8, 4) is 0 Å². The van der Waals surface area contributed by atoms with Gasteiger partial charge in [0.25, 0.3) is 0 Å². The Morgan fingerprint density at radius 2 is 1.55 bits per heavy atom. The molecule has 2 aromatic heterocycles. The average molecular weight is 383 g/mol. The highest BCUT2D eigenvalue weighted by Crippen LogP contribution is 2.28. The average Bonchev–Trinajstić information content (AvgIpc) is 3.19. The van der Waals surface area contributed by atoms with Gasteiger partial charge in [-0.2, -0.15) is 0 Å². The van der Waals surface area contributed by atoms with E-state index in [4.69, 9.17) is 0 Å². The topological polar surface area (TPSA) is 37.6 Å². The number of aromatic nitrogens is 2. The zero-order valence-corrected chi connectivity index (χ0v) is 16.6. The van der Waals surface area contributed by atoms with Crippen molar-refractivity contribution in [3.63, 3.8) is 0 Å². The Bertz CT molecular complexity index is 1030. The molecule has 0 fully saturated rings. The fourth-order valence-corrected chi connectivity index (χ4v) is 3.78. The molecule has 0 aliphatic heterocycles. The summed E-state index contributed by atoms with van der Waals surface area (Å²) in [4.78, 5) is 19.6. The van der Waals surface area contributed by atoms with Crippen LogP contribution in [0.5, 0.6) is 0 Å². The van der Waals surface area contributed by atoms with Gasteiger partial charge >= 0.3 is 0 Å². The van der Waals surface area contributed by atoms with E-state index in [0.29, 0.717) is 19.5 Å². The Hall–Kier alpha value is -3.40. The number of pyridine rings is 1. The Balaban J connectivity index is 1.57. The van der Waals surface area contributed by atoms with Gasteiger partial charge in [-0.3, -0.25) is 4.79 Å². The summed E-state index contributed by atoms with van der Waals surface area (Å²) in [6, 6.07) is 26.5. The molecule has 4 aromatic rings. The number of carbonyl (C=O) groups excluding carboxylic acids is 1. The standard InChI is InChI=1S/C25H25N3O/c1-2-27(19-22-18-26-24-15-9-10-16-28(22)24)25(29)17-23(20-11-5-3-6-12-20)21-13-7-4-8-14-21/h3-16,18,23H,2,17,19H2,1H3. The van der Waals surface area contributed by atoms with Crippen molar-refractivity contribution >= 4 is 11.6 Å². The van der Waals surface area contributed by atoms with E-state index >= 15 is 0 Å². The van der Waals surface area contributed by atoms with Crippen molar-refractivity contribution in [1.29, 1.82) is 0 Å². The lowest BCUT2D eigenvalue weighted by atomic mass is 9.88. The van der Waals surface area contributed by atoms with Gasteiger partial charge in [-0.1, -0.05) is 66.7 Å². The predicted molar refractivity (Wildman–Crippen MR) is 116 cm³/mol. The molecule has 0 radical (unpaired) electrons. The van der Waals surface area contributed by atoms with Crippen LogP contribution in [0.4, 0.5) is 0 Å². The molecule has 0 saturated carbocycles. The van der Waals surface area contributed by atoms with Crippen LogP contribution in [0, 0.1) is 0 Å². The van der Waals surface area contributed by atoms with Crippen molar-refractivity contribution in [2.24, 2.45) is 0 Å². The van der Waals surface area contributed by atoms with Crippen LogP contribution in [0.1, 0.15) is 36.1 Å². The highest BCUT2D eigenvalue weighted by Gasteiger charge is 2.22. The van der Waals surface area contributed by atoms with Gasteiger partial charge in [0.05, 0.1) is 18.4 Å². The Labute approximate surface area is 171 Å². The Morgan fingerprint density at radius 3 is 2.17 bits per heavy atom. The maximum atomic E-state index is 13.3. The van der Waals surface area contributed by atoms with Crippen molar-refractivity contribution in [2.45, 2.75) is 25.8 Å². The van der Waals surface area contributed by atoms with Crippen LogP contribution >= 0.6 is 0 Å². The first-order chi connectivity index (χ1) is 14.3. The second-order valence-electron chi connectivity index (χ2n) is 7.16. The third-order valence-corrected chi connectivity index (χ3v) is 5.36. The molecule has 4 nitrogen and oxygen atoms in total. The van der Waals surface area contributed by atoms with Crippen LogP contribution in [-0.2, 0) is 11.3 Å². The van der Waals surface area contributed by atoms with Crippen LogP contribution < -0.4 is 0 Å². The molecule has 0 aliphatic rings. The van der Waals surface area contributed by atoms with Gasteiger partial charge in [0.2, 0.25) is 5.91 Å². The summed E-state index contributed by atoms with van der Waals surface area (Å²) in [7, 11) is 0.